The first kappa shape index (κ1) is 12.3. The van der Waals surface area contributed by atoms with Crippen molar-refractivity contribution in [2.45, 2.75) is 38.6 Å². The van der Waals surface area contributed by atoms with E-state index in [0.717, 1.165) is 12.4 Å². The maximum atomic E-state index is 5.48. The molecular weight excluding hydrogens is 212 g/mol. The van der Waals surface area contributed by atoms with Crippen molar-refractivity contribution in [2.75, 3.05) is 18.5 Å². The summed E-state index contributed by atoms with van der Waals surface area (Å²) in [4.78, 5) is 6.75. The zero-order valence-electron chi connectivity index (χ0n) is 10.4. The van der Waals surface area contributed by atoms with Crippen LogP contribution in [0.15, 0.2) is 18.3 Å². The van der Waals surface area contributed by atoms with Crippen molar-refractivity contribution in [3.8, 4) is 0 Å². The quantitative estimate of drug-likeness (QED) is 0.621. The Balaban J connectivity index is 1.97. The number of hydrazine groups is 1. The molecular formula is C13H22N4. The van der Waals surface area contributed by atoms with Crippen LogP contribution in [-0.2, 0) is 6.54 Å². The van der Waals surface area contributed by atoms with E-state index in [1.807, 2.05) is 6.07 Å². The average molecular weight is 234 g/mol. The van der Waals surface area contributed by atoms with Crippen molar-refractivity contribution < 1.29 is 0 Å². The maximum absolute atomic E-state index is 5.48. The minimum absolute atomic E-state index is 0.801. The van der Waals surface area contributed by atoms with E-state index in [0.29, 0.717) is 0 Å². The van der Waals surface area contributed by atoms with Crippen LogP contribution in [0.25, 0.3) is 0 Å². The van der Waals surface area contributed by atoms with Gasteiger partial charge in [0.05, 0.1) is 0 Å². The molecule has 0 unspecified atom stereocenters. The second-order valence-corrected chi connectivity index (χ2v) is 4.70. The predicted octanol–water partition coefficient (Wildman–Crippen LogP) is 2.13. The molecule has 3 N–H and O–H groups in total. The maximum Gasteiger partial charge on any atom is 0.144 e. The third-order valence-electron chi connectivity index (χ3n) is 3.37. The summed E-state index contributed by atoms with van der Waals surface area (Å²) in [6.07, 6.45) is 8.52. The van der Waals surface area contributed by atoms with Gasteiger partial charge in [-0.15, -0.1) is 0 Å². The molecule has 0 spiro atoms. The number of aromatic nitrogens is 1. The van der Waals surface area contributed by atoms with Crippen molar-refractivity contribution in [1.29, 1.82) is 0 Å². The molecule has 0 aliphatic carbocycles. The first-order valence-corrected chi connectivity index (χ1v) is 6.53. The van der Waals surface area contributed by atoms with Crippen molar-refractivity contribution in [3.05, 3.63) is 23.9 Å². The fourth-order valence-corrected chi connectivity index (χ4v) is 2.41. The van der Waals surface area contributed by atoms with Crippen LogP contribution < -0.4 is 11.3 Å². The zero-order chi connectivity index (χ0) is 11.9. The van der Waals surface area contributed by atoms with Gasteiger partial charge < -0.3 is 5.43 Å². The van der Waals surface area contributed by atoms with Crippen LogP contribution in [0.2, 0.25) is 0 Å². The van der Waals surface area contributed by atoms with Crippen LogP contribution in [-0.4, -0.2) is 23.0 Å². The Hall–Kier alpha value is -1.13. The van der Waals surface area contributed by atoms with Crippen LogP contribution in [0.4, 0.5) is 5.82 Å². The molecule has 4 nitrogen and oxygen atoms in total. The Bertz CT molecular complexity index is 332. The van der Waals surface area contributed by atoms with Gasteiger partial charge in [0.1, 0.15) is 5.82 Å². The molecule has 1 aromatic heterocycles. The Labute approximate surface area is 103 Å². The van der Waals surface area contributed by atoms with E-state index in [2.05, 4.69) is 21.4 Å². The molecule has 0 radical (unpaired) electrons. The fourth-order valence-electron chi connectivity index (χ4n) is 2.41. The van der Waals surface area contributed by atoms with E-state index >= 15 is 0 Å². The Morgan fingerprint density at radius 3 is 2.59 bits per heavy atom. The number of nitrogens with two attached hydrogens (primary N) is 1. The lowest BCUT2D eigenvalue weighted by molar-refractivity contribution is 0.240. The van der Waals surface area contributed by atoms with E-state index in [1.165, 1.54) is 50.8 Å². The number of anilines is 1. The van der Waals surface area contributed by atoms with Crippen LogP contribution in [0.5, 0.6) is 0 Å². The molecule has 1 aromatic rings. The molecule has 4 heteroatoms. The summed E-state index contributed by atoms with van der Waals surface area (Å²) in [7, 11) is 0. The first-order valence-electron chi connectivity index (χ1n) is 6.53. The van der Waals surface area contributed by atoms with E-state index in [9.17, 15) is 0 Å². The third kappa shape index (κ3) is 3.68. The van der Waals surface area contributed by atoms with E-state index in [1.54, 1.807) is 6.20 Å². The number of pyridine rings is 1. The van der Waals surface area contributed by atoms with Crippen molar-refractivity contribution >= 4 is 5.82 Å². The summed E-state index contributed by atoms with van der Waals surface area (Å²) in [5, 5.41) is 0. The average Bonchev–Trinajstić information content (AvgIpc) is 2.33. The number of likely N-dealkylation sites (tertiary alicyclic amines) is 1. The molecule has 94 valence electrons. The molecule has 2 heterocycles. The molecule has 1 saturated heterocycles. The van der Waals surface area contributed by atoms with Crippen LogP contribution >= 0.6 is 0 Å². The van der Waals surface area contributed by atoms with E-state index in [-0.39, 0.29) is 0 Å². The highest BCUT2D eigenvalue weighted by Crippen LogP contribution is 2.16. The molecule has 1 aliphatic heterocycles. The molecule has 0 aromatic carbocycles. The summed E-state index contributed by atoms with van der Waals surface area (Å²) in [6.45, 7) is 3.34. The van der Waals surface area contributed by atoms with Gasteiger partial charge in [-0.1, -0.05) is 25.3 Å². The normalized spacial score (nSPS) is 18.4. The Morgan fingerprint density at radius 2 is 1.88 bits per heavy atom. The highest BCUT2D eigenvalue weighted by Gasteiger charge is 2.10. The topological polar surface area (TPSA) is 54.2 Å². The summed E-state index contributed by atoms with van der Waals surface area (Å²) in [6, 6.07) is 4.07. The SMILES string of the molecule is NNc1ncccc1CN1CCCCCCC1. The highest BCUT2D eigenvalue weighted by molar-refractivity contribution is 5.42. The van der Waals surface area contributed by atoms with Gasteiger partial charge in [0, 0.05) is 18.3 Å². The summed E-state index contributed by atoms with van der Waals surface area (Å²) in [5.74, 6) is 6.28. The van der Waals surface area contributed by atoms with Crippen LogP contribution in [0, 0.1) is 0 Å². The number of nitrogens with zero attached hydrogens (tertiary/aromatic N) is 2. The number of hydrogen-bond acceptors (Lipinski definition) is 4. The van der Waals surface area contributed by atoms with Gasteiger partial charge >= 0.3 is 0 Å². The largest absolute Gasteiger partial charge is 0.308 e. The van der Waals surface area contributed by atoms with Crippen LogP contribution in [0.1, 0.15) is 37.7 Å². The second-order valence-electron chi connectivity index (χ2n) is 4.70. The van der Waals surface area contributed by atoms with Crippen molar-refractivity contribution in [3.63, 3.8) is 0 Å². The predicted molar refractivity (Wildman–Crippen MR) is 70.4 cm³/mol. The van der Waals surface area contributed by atoms with Crippen molar-refractivity contribution in [1.82, 2.24) is 9.88 Å². The molecule has 0 atom stereocenters. The lowest BCUT2D eigenvalue weighted by Crippen LogP contribution is -2.27. The molecule has 17 heavy (non-hydrogen) atoms. The summed E-state index contributed by atoms with van der Waals surface area (Å²) in [5.41, 5.74) is 3.87. The lowest BCUT2D eigenvalue weighted by atomic mass is 10.1. The first-order chi connectivity index (χ1) is 8.40. The van der Waals surface area contributed by atoms with Gasteiger partial charge in [-0.25, -0.2) is 10.8 Å². The Kier molecular flexibility index (Phi) is 4.76. The number of nitrogen functional groups attached to an aromatic ring is 1. The smallest absolute Gasteiger partial charge is 0.144 e. The monoisotopic (exact) mass is 234 g/mol. The number of hydrogen-bond donors (Lipinski definition) is 2. The van der Waals surface area contributed by atoms with Gasteiger partial charge in [-0.2, -0.15) is 0 Å². The Morgan fingerprint density at radius 1 is 1.18 bits per heavy atom. The van der Waals surface area contributed by atoms with Crippen molar-refractivity contribution in [2.24, 2.45) is 5.84 Å². The number of nitrogens with one attached hydrogen (secondary N) is 1. The van der Waals surface area contributed by atoms with Gasteiger partial charge in [0.25, 0.3) is 0 Å². The highest BCUT2D eigenvalue weighted by atomic mass is 15.3. The molecule has 2 rings (SSSR count). The molecule has 0 bridgehead atoms. The van der Waals surface area contributed by atoms with Gasteiger partial charge in [-0.05, 0) is 32.0 Å². The van der Waals surface area contributed by atoms with Gasteiger partial charge in [-0.3, -0.25) is 4.90 Å². The number of rotatable bonds is 3. The van der Waals surface area contributed by atoms with E-state index in [4.69, 9.17) is 5.84 Å². The summed E-state index contributed by atoms with van der Waals surface area (Å²) >= 11 is 0. The van der Waals surface area contributed by atoms with E-state index < -0.39 is 0 Å². The molecule has 1 fully saturated rings. The lowest BCUT2D eigenvalue weighted by Gasteiger charge is -2.25. The zero-order valence-corrected chi connectivity index (χ0v) is 10.4. The fraction of sp³-hybridized carbons (Fsp3) is 0.615. The molecule has 0 amide bonds. The van der Waals surface area contributed by atoms with Gasteiger partial charge in [0.2, 0.25) is 0 Å². The standard InChI is InChI=1S/C13H22N4/c14-16-13-12(7-6-8-15-13)11-17-9-4-2-1-3-5-10-17/h6-8H,1-5,9-11,14H2,(H,15,16). The minimum atomic E-state index is 0.801. The minimum Gasteiger partial charge on any atom is -0.308 e. The molecule has 1 aliphatic rings. The van der Waals surface area contributed by atoms with Gasteiger partial charge in [0.15, 0.2) is 0 Å². The third-order valence-corrected chi connectivity index (χ3v) is 3.37. The summed E-state index contributed by atoms with van der Waals surface area (Å²) < 4.78 is 0. The van der Waals surface area contributed by atoms with Crippen LogP contribution in [0.3, 0.4) is 0 Å². The molecule has 0 saturated carbocycles. The second kappa shape index (κ2) is 6.57.